The van der Waals surface area contributed by atoms with Crippen LogP contribution in [0.5, 0.6) is 11.5 Å². The lowest BCUT2D eigenvalue weighted by molar-refractivity contribution is -0.383. The minimum atomic E-state index is -2.33. The number of nitrogens with zero attached hydrogens (tertiary/aromatic N) is 1. The first-order valence-corrected chi connectivity index (χ1v) is 7.71. The first-order valence-electron chi connectivity index (χ1n) is 6.16. The summed E-state index contributed by atoms with van der Waals surface area (Å²) in [7, 11) is -1.10. The number of benzene rings is 2. The molecule has 6 nitrogen and oxygen atoms in total. The van der Waals surface area contributed by atoms with Crippen molar-refractivity contribution in [1.82, 2.24) is 0 Å². The van der Waals surface area contributed by atoms with Crippen molar-refractivity contribution in [3.8, 4) is 11.5 Å². The van der Waals surface area contributed by atoms with Crippen molar-refractivity contribution in [3.05, 3.63) is 57.1 Å². The van der Waals surface area contributed by atoms with Gasteiger partial charge in [-0.3, -0.25) is 10.1 Å². The second-order valence-corrected chi connectivity index (χ2v) is 6.16. The van der Waals surface area contributed by atoms with Gasteiger partial charge in [0.15, 0.2) is 0 Å². The predicted molar refractivity (Wildman–Crippen MR) is 83.6 cm³/mol. The number of nitro groups is 1. The highest BCUT2D eigenvalue weighted by molar-refractivity contribution is 7.48. The number of ether oxygens (including phenoxy) is 1. The van der Waals surface area contributed by atoms with E-state index in [9.17, 15) is 14.7 Å². The molecule has 0 radical (unpaired) electrons. The van der Waals surface area contributed by atoms with Crippen molar-refractivity contribution in [2.75, 3.05) is 7.11 Å². The van der Waals surface area contributed by atoms with Crippen LogP contribution in [0.4, 0.5) is 5.69 Å². The van der Waals surface area contributed by atoms with Gasteiger partial charge in [-0.2, -0.15) is 0 Å². The van der Waals surface area contributed by atoms with Crippen LogP contribution in [0.1, 0.15) is 5.56 Å². The van der Waals surface area contributed by atoms with Gasteiger partial charge >= 0.3 is 19.0 Å². The van der Waals surface area contributed by atoms with Crippen LogP contribution < -0.4 is 10.0 Å². The zero-order chi connectivity index (χ0) is 16.3. The predicted octanol–water partition coefficient (Wildman–Crippen LogP) is 4.36. The summed E-state index contributed by atoms with van der Waals surface area (Å²) in [5.74, 6) is 0.878. The Morgan fingerprint density at radius 1 is 1.23 bits per heavy atom. The molecule has 0 N–H and O–H groups in total. The van der Waals surface area contributed by atoms with Gasteiger partial charge in [0.2, 0.25) is 0 Å². The molecule has 1 atom stereocenters. The van der Waals surface area contributed by atoms with E-state index < -0.39 is 13.0 Å². The number of nitro benzene ring substituents is 1. The summed E-state index contributed by atoms with van der Waals surface area (Å²) < 4.78 is 22.2. The molecule has 0 saturated carbocycles. The third-order valence-electron chi connectivity index (χ3n) is 2.87. The molecule has 0 heterocycles. The van der Waals surface area contributed by atoms with Crippen LogP contribution in [0, 0.1) is 17.0 Å². The lowest BCUT2D eigenvalue weighted by Crippen LogP contribution is -2.07. The first-order chi connectivity index (χ1) is 10.4. The molecule has 0 aliphatic rings. The topological polar surface area (TPSA) is 78.7 Å². The molecule has 0 bridgehead atoms. The Hall–Kier alpha value is -2.01. The zero-order valence-electron chi connectivity index (χ0n) is 11.8. The highest BCUT2D eigenvalue weighted by Gasteiger charge is 2.34. The van der Waals surface area contributed by atoms with E-state index >= 15 is 0 Å². The van der Waals surface area contributed by atoms with Crippen LogP contribution in [-0.2, 0) is 9.09 Å². The number of hydrogen-bond donors (Lipinski definition) is 0. The van der Waals surface area contributed by atoms with Gasteiger partial charge in [-0.05, 0) is 41.3 Å². The highest BCUT2D eigenvalue weighted by atomic mass is 35.5. The zero-order valence-corrected chi connectivity index (χ0v) is 13.4. The second kappa shape index (κ2) is 6.83. The van der Waals surface area contributed by atoms with E-state index in [1.165, 1.54) is 19.2 Å². The Balaban J connectivity index is 2.45. The fourth-order valence-corrected chi connectivity index (χ4v) is 2.67. The molecule has 22 heavy (non-hydrogen) atoms. The average Bonchev–Trinajstić information content (AvgIpc) is 2.50. The molecule has 2 aromatic rings. The molecule has 0 aromatic heterocycles. The fourth-order valence-electron chi connectivity index (χ4n) is 1.79. The Bertz CT molecular complexity index is 733. The fraction of sp³-hybridized carbons (Fsp3) is 0.143. The molecular weight excluding hydrogens is 329 g/mol. The van der Waals surface area contributed by atoms with Crippen molar-refractivity contribution < 1.29 is 18.7 Å². The average molecular weight is 341 g/mol. The van der Waals surface area contributed by atoms with Crippen molar-refractivity contribution in [2.24, 2.45) is 0 Å². The van der Waals surface area contributed by atoms with E-state index in [1.807, 2.05) is 0 Å². The molecular formula is C14H12ClNO5P+. The summed E-state index contributed by atoms with van der Waals surface area (Å²) in [6.45, 7) is 1.67. The maximum absolute atomic E-state index is 11.8. The van der Waals surface area contributed by atoms with Gasteiger partial charge in [-0.15, -0.1) is 4.52 Å². The Morgan fingerprint density at radius 3 is 2.41 bits per heavy atom. The number of aryl methyl sites for hydroxylation is 1. The summed E-state index contributed by atoms with van der Waals surface area (Å²) in [5.41, 5.74) is 0.286. The molecule has 2 rings (SSSR count). The number of halogens is 1. The minimum absolute atomic E-state index is 0.0166. The van der Waals surface area contributed by atoms with Crippen molar-refractivity contribution in [1.29, 1.82) is 0 Å². The smallest absolute Gasteiger partial charge is 0.457 e. The van der Waals surface area contributed by atoms with E-state index in [4.69, 9.17) is 20.9 Å². The van der Waals surface area contributed by atoms with Crippen LogP contribution >= 0.6 is 19.6 Å². The molecule has 8 heteroatoms. The van der Waals surface area contributed by atoms with Gasteiger partial charge in [0.25, 0.3) is 0 Å². The van der Waals surface area contributed by atoms with Gasteiger partial charge in [-0.25, -0.2) is 0 Å². The third kappa shape index (κ3) is 3.60. The van der Waals surface area contributed by atoms with E-state index in [2.05, 4.69) is 0 Å². The normalized spacial score (nSPS) is 11.1. The Morgan fingerprint density at radius 2 is 1.86 bits per heavy atom. The lowest BCUT2D eigenvalue weighted by Gasteiger charge is -2.08. The SMILES string of the molecule is CO[P+](=O)c1cc(Oc2ccc(Cl)cc2)c(C)cc1[N+](=O)[O-]. The van der Waals surface area contributed by atoms with E-state index in [0.29, 0.717) is 22.1 Å². The molecule has 1 unspecified atom stereocenters. The second-order valence-electron chi connectivity index (χ2n) is 4.36. The molecule has 0 aliphatic carbocycles. The molecule has 2 aromatic carbocycles. The van der Waals surface area contributed by atoms with Gasteiger partial charge < -0.3 is 4.74 Å². The largest absolute Gasteiger partial charge is 0.556 e. The molecule has 0 spiro atoms. The molecule has 114 valence electrons. The van der Waals surface area contributed by atoms with Crippen LogP contribution in [-0.4, -0.2) is 12.0 Å². The highest BCUT2D eigenvalue weighted by Crippen LogP contribution is 2.33. The van der Waals surface area contributed by atoms with Gasteiger partial charge in [0.1, 0.15) is 11.5 Å². The van der Waals surface area contributed by atoms with E-state index in [-0.39, 0.29) is 11.0 Å². The first kappa shape index (κ1) is 16.4. The number of rotatable bonds is 5. The maximum Gasteiger partial charge on any atom is 0.556 e. The summed E-state index contributed by atoms with van der Waals surface area (Å²) >= 11 is 5.80. The Labute approximate surface area is 132 Å². The van der Waals surface area contributed by atoms with Gasteiger partial charge in [0.05, 0.1) is 12.0 Å². The van der Waals surface area contributed by atoms with Crippen LogP contribution in [0.2, 0.25) is 5.02 Å². The molecule has 0 aliphatic heterocycles. The van der Waals surface area contributed by atoms with E-state index in [1.54, 1.807) is 31.2 Å². The monoisotopic (exact) mass is 340 g/mol. The lowest BCUT2D eigenvalue weighted by atomic mass is 10.2. The summed E-state index contributed by atoms with van der Waals surface area (Å²) in [6.07, 6.45) is 0. The standard InChI is InChI=1S/C14H12ClNO5P/c1-9-7-12(16(17)18)14(22(19)20-2)8-13(9)21-11-5-3-10(15)4-6-11/h3-8H,1-2H3/q+1. The van der Waals surface area contributed by atoms with E-state index in [0.717, 1.165) is 0 Å². The van der Waals surface area contributed by atoms with Crippen LogP contribution in [0.15, 0.2) is 36.4 Å². The van der Waals surface area contributed by atoms with Crippen LogP contribution in [0.25, 0.3) is 0 Å². The van der Waals surface area contributed by atoms with Crippen molar-refractivity contribution in [3.63, 3.8) is 0 Å². The molecule has 0 fully saturated rings. The molecule has 0 amide bonds. The van der Waals surface area contributed by atoms with Crippen molar-refractivity contribution in [2.45, 2.75) is 6.92 Å². The minimum Gasteiger partial charge on any atom is -0.457 e. The quantitative estimate of drug-likeness (QED) is 0.459. The summed E-state index contributed by atoms with van der Waals surface area (Å²) in [5, 5.41) is 11.6. The Kier molecular flexibility index (Phi) is 5.08. The number of hydrogen-bond acceptors (Lipinski definition) is 5. The summed E-state index contributed by atoms with van der Waals surface area (Å²) in [6, 6.07) is 9.33. The molecule has 0 saturated heterocycles. The maximum atomic E-state index is 11.8. The summed E-state index contributed by atoms with van der Waals surface area (Å²) in [4.78, 5) is 10.5. The van der Waals surface area contributed by atoms with Crippen LogP contribution in [0.3, 0.4) is 0 Å². The van der Waals surface area contributed by atoms with Crippen molar-refractivity contribution >= 4 is 30.6 Å². The third-order valence-corrected chi connectivity index (χ3v) is 4.21. The van der Waals surface area contributed by atoms with Gasteiger partial charge in [0, 0.05) is 17.2 Å². The van der Waals surface area contributed by atoms with Gasteiger partial charge in [-0.1, -0.05) is 11.6 Å².